The fourth-order valence-corrected chi connectivity index (χ4v) is 3.09. The zero-order valence-corrected chi connectivity index (χ0v) is 18.2. The lowest BCUT2D eigenvalue weighted by Crippen LogP contribution is -2.49. The van der Waals surface area contributed by atoms with Gasteiger partial charge in [0, 0.05) is 6.21 Å². The van der Waals surface area contributed by atoms with Crippen molar-refractivity contribution in [3.05, 3.63) is 84.4 Å². The summed E-state index contributed by atoms with van der Waals surface area (Å²) in [7, 11) is 0. The Morgan fingerprint density at radius 3 is 2.44 bits per heavy atom. The van der Waals surface area contributed by atoms with E-state index in [1.54, 1.807) is 6.08 Å². The van der Waals surface area contributed by atoms with E-state index in [1.165, 1.54) is 6.21 Å². The molecule has 6 heteroatoms. The number of nitrogens with one attached hydrogen (secondary N) is 2. The van der Waals surface area contributed by atoms with Gasteiger partial charge >= 0.3 is 0 Å². The lowest BCUT2D eigenvalue weighted by atomic mass is 10.0. The number of fused-ring (bicyclic) bond motifs is 1. The summed E-state index contributed by atoms with van der Waals surface area (Å²) < 4.78 is 5.61. The van der Waals surface area contributed by atoms with Crippen molar-refractivity contribution >= 4 is 34.9 Å². The van der Waals surface area contributed by atoms with E-state index in [0.717, 1.165) is 16.3 Å². The lowest BCUT2D eigenvalue weighted by Gasteiger charge is -2.20. The van der Waals surface area contributed by atoms with Crippen molar-refractivity contribution in [3.63, 3.8) is 0 Å². The monoisotopic (exact) mass is 429 g/mol. The highest BCUT2D eigenvalue weighted by atomic mass is 16.5. The van der Waals surface area contributed by atoms with E-state index in [4.69, 9.17) is 4.74 Å². The molecule has 164 valence electrons. The fourth-order valence-electron chi connectivity index (χ4n) is 3.09. The molecule has 0 aliphatic rings. The molecular formula is C26H27N3O3. The van der Waals surface area contributed by atoms with Crippen LogP contribution in [0.25, 0.3) is 16.8 Å². The molecule has 0 fully saturated rings. The van der Waals surface area contributed by atoms with Crippen molar-refractivity contribution in [1.29, 1.82) is 0 Å². The van der Waals surface area contributed by atoms with Gasteiger partial charge in [-0.15, -0.1) is 0 Å². The largest absolute Gasteiger partial charge is 0.484 e. The minimum absolute atomic E-state index is 0.116. The Hall–Kier alpha value is -3.93. The third kappa shape index (κ3) is 6.80. The summed E-state index contributed by atoms with van der Waals surface area (Å²) in [6.07, 6.45) is 5.10. The average molecular weight is 430 g/mol. The van der Waals surface area contributed by atoms with E-state index >= 15 is 0 Å². The molecule has 2 N–H and O–H groups in total. The summed E-state index contributed by atoms with van der Waals surface area (Å²) >= 11 is 0. The van der Waals surface area contributed by atoms with Crippen LogP contribution in [0.4, 0.5) is 0 Å². The van der Waals surface area contributed by atoms with E-state index in [9.17, 15) is 9.59 Å². The van der Waals surface area contributed by atoms with E-state index in [2.05, 4.69) is 15.8 Å². The highest BCUT2D eigenvalue weighted by molar-refractivity contribution is 5.89. The van der Waals surface area contributed by atoms with Gasteiger partial charge in [-0.1, -0.05) is 80.6 Å². The highest BCUT2D eigenvalue weighted by Crippen LogP contribution is 2.20. The van der Waals surface area contributed by atoms with Gasteiger partial charge in [0.1, 0.15) is 11.8 Å². The summed E-state index contributed by atoms with van der Waals surface area (Å²) in [5.41, 5.74) is 3.50. The number of amides is 2. The Kier molecular flexibility index (Phi) is 8.15. The van der Waals surface area contributed by atoms with Gasteiger partial charge in [-0.2, -0.15) is 5.10 Å². The Morgan fingerprint density at radius 1 is 0.969 bits per heavy atom. The molecule has 0 spiro atoms. The average Bonchev–Trinajstić information content (AvgIpc) is 2.81. The number of allylic oxidation sites excluding steroid dienone is 1. The molecule has 0 aliphatic carbocycles. The SMILES string of the molecule is CC(C)C(NC(=O)COc1ccc2ccccc2c1)C(=O)NN=C/C=C/c1ccccc1. The molecule has 0 radical (unpaired) electrons. The predicted molar refractivity (Wildman–Crippen MR) is 128 cm³/mol. The number of hydrogen-bond acceptors (Lipinski definition) is 4. The van der Waals surface area contributed by atoms with E-state index in [-0.39, 0.29) is 24.3 Å². The topological polar surface area (TPSA) is 79.8 Å². The predicted octanol–water partition coefficient (Wildman–Crippen LogP) is 4.17. The maximum Gasteiger partial charge on any atom is 0.262 e. The molecule has 3 aromatic rings. The van der Waals surface area contributed by atoms with Crippen molar-refractivity contribution in [2.24, 2.45) is 11.0 Å². The molecule has 0 saturated carbocycles. The van der Waals surface area contributed by atoms with Crippen LogP contribution in [0.15, 0.2) is 84.0 Å². The summed E-state index contributed by atoms with van der Waals surface area (Å²) in [6, 6.07) is 22.6. The molecule has 2 amide bonds. The molecule has 3 rings (SSSR count). The first-order valence-corrected chi connectivity index (χ1v) is 10.5. The van der Waals surface area contributed by atoms with Gasteiger partial charge in [0.05, 0.1) is 0 Å². The van der Waals surface area contributed by atoms with E-state index < -0.39 is 6.04 Å². The van der Waals surface area contributed by atoms with E-state index in [0.29, 0.717) is 5.75 Å². The van der Waals surface area contributed by atoms with Crippen LogP contribution in [0.2, 0.25) is 0 Å². The number of carbonyl (C=O) groups excluding carboxylic acids is 2. The van der Waals surface area contributed by atoms with Gasteiger partial charge in [-0.3, -0.25) is 9.59 Å². The van der Waals surface area contributed by atoms with E-state index in [1.807, 2.05) is 92.7 Å². The number of ether oxygens (including phenoxy) is 1. The smallest absolute Gasteiger partial charge is 0.262 e. The molecule has 6 nitrogen and oxygen atoms in total. The van der Waals surface area contributed by atoms with Gasteiger partial charge < -0.3 is 10.1 Å². The molecule has 0 heterocycles. The van der Waals surface area contributed by atoms with Crippen LogP contribution in [-0.4, -0.2) is 30.7 Å². The van der Waals surface area contributed by atoms with Gasteiger partial charge in [0.15, 0.2) is 6.61 Å². The van der Waals surface area contributed by atoms with Crippen LogP contribution < -0.4 is 15.5 Å². The molecular weight excluding hydrogens is 402 g/mol. The Balaban J connectivity index is 1.49. The molecule has 0 aromatic heterocycles. The maximum atomic E-state index is 12.5. The van der Waals surface area contributed by atoms with Crippen LogP contribution in [0.1, 0.15) is 19.4 Å². The maximum absolute atomic E-state index is 12.5. The van der Waals surface area contributed by atoms with Crippen molar-refractivity contribution in [2.45, 2.75) is 19.9 Å². The highest BCUT2D eigenvalue weighted by Gasteiger charge is 2.24. The summed E-state index contributed by atoms with van der Waals surface area (Å²) in [5, 5.41) is 8.78. The fraction of sp³-hybridized carbons (Fsp3) is 0.192. The number of benzene rings is 3. The van der Waals surface area contributed by atoms with Crippen LogP contribution in [-0.2, 0) is 9.59 Å². The first kappa shape index (κ1) is 22.7. The first-order chi connectivity index (χ1) is 15.5. The van der Waals surface area contributed by atoms with Gasteiger partial charge in [-0.05, 0) is 40.5 Å². The van der Waals surface area contributed by atoms with Crippen molar-refractivity contribution in [3.8, 4) is 5.75 Å². The first-order valence-electron chi connectivity index (χ1n) is 10.5. The second-order valence-electron chi connectivity index (χ2n) is 7.61. The molecule has 0 aliphatic heterocycles. The minimum Gasteiger partial charge on any atom is -0.484 e. The molecule has 0 saturated heterocycles. The number of carbonyl (C=O) groups is 2. The second-order valence-corrected chi connectivity index (χ2v) is 7.61. The number of nitrogens with zero attached hydrogens (tertiary/aromatic N) is 1. The Bertz CT molecular complexity index is 1110. The van der Waals surface area contributed by atoms with Gasteiger partial charge in [-0.25, -0.2) is 5.43 Å². The van der Waals surface area contributed by atoms with Crippen LogP contribution in [0, 0.1) is 5.92 Å². The van der Waals surface area contributed by atoms with Gasteiger partial charge in [0.25, 0.3) is 11.8 Å². The number of hydrazone groups is 1. The lowest BCUT2D eigenvalue weighted by molar-refractivity contribution is -0.131. The minimum atomic E-state index is -0.724. The third-order valence-corrected chi connectivity index (χ3v) is 4.78. The molecule has 3 aromatic carbocycles. The van der Waals surface area contributed by atoms with Crippen LogP contribution in [0.3, 0.4) is 0 Å². The Labute approximate surface area is 188 Å². The van der Waals surface area contributed by atoms with Crippen molar-refractivity contribution in [2.75, 3.05) is 6.61 Å². The zero-order valence-electron chi connectivity index (χ0n) is 18.2. The summed E-state index contributed by atoms with van der Waals surface area (Å²) in [6.45, 7) is 3.53. The summed E-state index contributed by atoms with van der Waals surface area (Å²) in [4.78, 5) is 24.8. The summed E-state index contributed by atoms with van der Waals surface area (Å²) in [5.74, 6) is -0.280. The van der Waals surface area contributed by atoms with Crippen molar-refractivity contribution in [1.82, 2.24) is 10.7 Å². The van der Waals surface area contributed by atoms with Gasteiger partial charge in [0.2, 0.25) is 0 Å². The standard InChI is InChI=1S/C26H27N3O3/c1-19(2)25(26(31)29-27-16-8-11-20-9-4-3-5-10-20)28-24(30)18-32-23-15-14-21-12-6-7-13-22(21)17-23/h3-17,19,25H,18H2,1-2H3,(H,28,30)(H,29,31)/b11-8+,27-16?. The molecule has 1 atom stereocenters. The van der Waals surface area contributed by atoms with Crippen LogP contribution >= 0.6 is 0 Å². The quantitative estimate of drug-likeness (QED) is 0.396. The number of rotatable bonds is 9. The molecule has 1 unspecified atom stereocenters. The zero-order chi connectivity index (χ0) is 22.8. The number of hydrogen-bond donors (Lipinski definition) is 2. The second kappa shape index (κ2) is 11.5. The third-order valence-electron chi connectivity index (χ3n) is 4.78. The van der Waals surface area contributed by atoms with Crippen LogP contribution in [0.5, 0.6) is 5.75 Å². The molecule has 0 bridgehead atoms. The Morgan fingerprint density at radius 2 is 1.69 bits per heavy atom. The van der Waals surface area contributed by atoms with Crippen molar-refractivity contribution < 1.29 is 14.3 Å². The normalized spacial score (nSPS) is 12.3. The molecule has 32 heavy (non-hydrogen) atoms.